The van der Waals surface area contributed by atoms with E-state index in [-0.39, 0.29) is 0 Å². The highest BCUT2D eigenvalue weighted by atomic mass is 31.2. The van der Waals surface area contributed by atoms with Gasteiger partial charge in [-0.3, -0.25) is 0 Å². The van der Waals surface area contributed by atoms with Crippen LogP contribution in [0.3, 0.4) is 0 Å². The molecule has 0 amide bonds. The average Bonchev–Trinajstić information content (AvgIpc) is 2.85. The Morgan fingerprint density at radius 1 is 0.400 bits per heavy atom. The van der Waals surface area contributed by atoms with Gasteiger partial charge in [0.25, 0.3) is 0 Å². The third-order valence-corrected chi connectivity index (χ3v) is 8.85. The van der Waals surface area contributed by atoms with Crippen LogP contribution >= 0.6 is 16.8 Å². The molecule has 4 aromatic rings. The summed E-state index contributed by atoms with van der Waals surface area (Å²) >= 11 is 0. The van der Waals surface area contributed by atoms with Crippen molar-refractivity contribution in [2.24, 2.45) is 0 Å². The van der Waals surface area contributed by atoms with Crippen molar-refractivity contribution in [2.45, 2.75) is 27.7 Å². The number of rotatable bonds is 10. The number of aryl methyl sites for hydroxylation is 4. The highest BCUT2D eigenvalue weighted by Gasteiger charge is 2.28. The second-order valence-electron chi connectivity index (χ2n) is 8.23. The van der Waals surface area contributed by atoms with Gasteiger partial charge in [0.2, 0.25) is 0 Å². The van der Waals surface area contributed by atoms with Crippen molar-refractivity contribution in [3.63, 3.8) is 0 Å². The van der Waals surface area contributed by atoms with Crippen LogP contribution in [-0.2, 0) is 0 Å². The topological polar surface area (TPSA) is 36.9 Å². The minimum Gasteiger partial charge on any atom is -0.438 e. The second kappa shape index (κ2) is 12.1. The zero-order valence-electron chi connectivity index (χ0n) is 20.5. The quantitative estimate of drug-likeness (QED) is 0.202. The molecule has 0 fully saturated rings. The Balaban J connectivity index is 1.64. The Labute approximate surface area is 210 Å². The largest absolute Gasteiger partial charge is 0.438 e. The molecule has 0 aliphatic heterocycles. The molecular weight excluding hydrogens is 474 g/mol. The molecule has 0 saturated carbocycles. The van der Waals surface area contributed by atoms with Gasteiger partial charge in [-0.25, -0.2) is 0 Å². The monoisotopic (exact) mass is 504 g/mol. The van der Waals surface area contributed by atoms with Crippen LogP contribution in [0.25, 0.3) is 0 Å². The van der Waals surface area contributed by atoms with Gasteiger partial charge in [0.1, 0.15) is 28.9 Å². The van der Waals surface area contributed by atoms with Gasteiger partial charge in [-0.15, -0.1) is 0 Å². The van der Waals surface area contributed by atoms with E-state index in [1.807, 2.05) is 125 Å². The van der Waals surface area contributed by atoms with Crippen molar-refractivity contribution in [1.82, 2.24) is 0 Å². The maximum absolute atomic E-state index is 6.47. The molecule has 0 heterocycles. The zero-order valence-corrected chi connectivity index (χ0v) is 22.3. The third kappa shape index (κ3) is 6.98. The van der Waals surface area contributed by atoms with E-state index in [9.17, 15) is 0 Å². The van der Waals surface area contributed by atoms with Crippen molar-refractivity contribution in [1.29, 1.82) is 0 Å². The molecule has 0 saturated heterocycles. The van der Waals surface area contributed by atoms with Crippen LogP contribution in [0.1, 0.15) is 22.3 Å². The van der Waals surface area contributed by atoms with Gasteiger partial charge >= 0.3 is 16.8 Å². The van der Waals surface area contributed by atoms with Gasteiger partial charge in [-0.05, 0) is 74.2 Å². The fourth-order valence-electron chi connectivity index (χ4n) is 3.32. The first-order valence-corrected chi connectivity index (χ1v) is 14.2. The smallest absolute Gasteiger partial charge is 0.302 e. The Kier molecular flexibility index (Phi) is 8.64. The van der Waals surface area contributed by atoms with E-state index >= 15 is 0 Å². The molecule has 0 spiro atoms. The summed E-state index contributed by atoms with van der Waals surface area (Å²) in [4.78, 5) is 0. The van der Waals surface area contributed by atoms with Crippen LogP contribution in [0.5, 0.6) is 23.0 Å². The fourth-order valence-corrected chi connectivity index (χ4v) is 6.77. The summed E-state index contributed by atoms with van der Waals surface area (Å²) in [6.45, 7) is 8.14. The highest BCUT2D eigenvalue weighted by molar-refractivity contribution is 7.65. The van der Waals surface area contributed by atoms with Crippen molar-refractivity contribution in [2.75, 3.05) is 5.90 Å². The molecule has 0 aliphatic carbocycles. The first-order valence-electron chi connectivity index (χ1n) is 11.5. The van der Waals surface area contributed by atoms with Crippen molar-refractivity contribution < 1.29 is 18.1 Å². The highest BCUT2D eigenvalue weighted by Crippen LogP contribution is 2.54. The zero-order chi connectivity index (χ0) is 24.6. The Bertz CT molecular complexity index is 1070. The lowest BCUT2D eigenvalue weighted by molar-refractivity contribution is 0.472. The van der Waals surface area contributed by atoms with Crippen LogP contribution in [0.2, 0.25) is 0 Å². The molecule has 4 rings (SSSR count). The normalized spacial score (nSPS) is 10.9. The lowest BCUT2D eigenvalue weighted by Crippen LogP contribution is -2.07. The van der Waals surface area contributed by atoms with Crippen LogP contribution in [0, 0.1) is 27.7 Å². The van der Waals surface area contributed by atoms with E-state index in [1.54, 1.807) is 0 Å². The standard InChI is InChI=1S/C29H30O4P2/c1-22-13-5-9-17-26(22)30-34(31-27-18-10-6-14-23(27)2)21-35(32-28-19-11-7-15-24(28)3)33-29-20-12-8-16-25(29)4/h5-20H,21H2,1-4H3. The van der Waals surface area contributed by atoms with Gasteiger partial charge in [-0.1, -0.05) is 72.8 Å². The molecule has 4 aromatic carbocycles. The lowest BCUT2D eigenvalue weighted by Gasteiger charge is -2.25. The van der Waals surface area contributed by atoms with Gasteiger partial charge in [-0.2, -0.15) is 0 Å². The summed E-state index contributed by atoms with van der Waals surface area (Å²) in [6.07, 6.45) is 0. The van der Waals surface area contributed by atoms with E-state index in [1.165, 1.54) is 0 Å². The average molecular weight is 505 g/mol. The molecule has 6 heteroatoms. The summed E-state index contributed by atoms with van der Waals surface area (Å²) in [5.74, 6) is 3.67. The molecule has 0 radical (unpaired) electrons. The molecule has 180 valence electrons. The molecule has 0 N–H and O–H groups in total. The molecule has 0 unspecified atom stereocenters. The second-order valence-corrected chi connectivity index (χ2v) is 11.4. The summed E-state index contributed by atoms with van der Waals surface area (Å²) < 4.78 is 25.9. The SMILES string of the molecule is Cc1ccccc1OP(CP(Oc1ccccc1C)Oc1ccccc1C)Oc1ccccc1C. The van der Waals surface area contributed by atoms with Gasteiger partial charge < -0.3 is 18.1 Å². The van der Waals surface area contributed by atoms with Crippen LogP contribution in [-0.4, -0.2) is 5.90 Å². The summed E-state index contributed by atoms with van der Waals surface area (Å²) in [6, 6.07) is 31.9. The predicted molar refractivity (Wildman–Crippen MR) is 146 cm³/mol. The van der Waals surface area contributed by atoms with Crippen LogP contribution < -0.4 is 18.1 Å². The Morgan fingerprint density at radius 3 is 0.857 bits per heavy atom. The van der Waals surface area contributed by atoms with E-state index < -0.39 is 16.8 Å². The summed E-state index contributed by atoms with van der Waals surface area (Å²) in [5.41, 5.74) is 4.21. The lowest BCUT2D eigenvalue weighted by atomic mass is 10.2. The number of hydrogen-bond donors (Lipinski definition) is 0. The van der Waals surface area contributed by atoms with Crippen molar-refractivity contribution >= 4 is 16.8 Å². The van der Waals surface area contributed by atoms with Gasteiger partial charge in [0.15, 0.2) is 0 Å². The Morgan fingerprint density at radius 2 is 0.629 bits per heavy atom. The van der Waals surface area contributed by atoms with E-state index in [0.717, 1.165) is 45.3 Å². The van der Waals surface area contributed by atoms with E-state index in [0.29, 0.717) is 5.90 Å². The number of benzene rings is 4. The van der Waals surface area contributed by atoms with E-state index in [2.05, 4.69) is 0 Å². The van der Waals surface area contributed by atoms with Crippen molar-refractivity contribution in [3.05, 3.63) is 119 Å². The van der Waals surface area contributed by atoms with Crippen LogP contribution in [0.15, 0.2) is 97.1 Å². The minimum atomic E-state index is -1.42. The minimum absolute atomic E-state index is 0.468. The first-order chi connectivity index (χ1) is 17.0. The number of para-hydroxylation sites is 4. The molecule has 0 atom stereocenters. The van der Waals surface area contributed by atoms with E-state index in [4.69, 9.17) is 18.1 Å². The predicted octanol–water partition coefficient (Wildman–Crippen LogP) is 9.12. The number of hydrogen-bond acceptors (Lipinski definition) is 4. The molecule has 35 heavy (non-hydrogen) atoms. The molecule has 0 aromatic heterocycles. The fraction of sp³-hybridized carbons (Fsp3) is 0.172. The van der Waals surface area contributed by atoms with Crippen molar-refractivity contribution in [3.8, 4) is 23.0 Å². The van der Waals surface area contributed by atoms with Gasteiger partial charge in [0, 0.05) is 0 Å². The molecule has 0 aliphatic rings. The maximum atomic E-state index is 6.47. The molecular formula is C29H30O4P2. The molecule has 4 nitrogen and oxygen atoms in total. The third-order valence-electron chi connectivity index (χ3n) is 5.41. The Hall–Kier alpha value is -3.06. The van der Waals surface area contributed by atoms with Crippen LogP contribution in [0.4, 0.5) is 0 Å². The summed E-state index contributed by atoms with van der Waals surface area (Å²) in [7, 11) is -2.84. The summed E-state index contributed by atoms with van der Waals surface area (Å²) in [5, 5.41) is 0. The maximum Gasteiger partial charge on any atom is 0.302 e. The first kappa shape index (κ1) is 25.0. The molecule has 0 bridgehead atoms. The van der Waals surface area contributed by atoms with Gasteiger partial charge in [0.05, 0.1) is 0 Å².